The molecule has 2 N–H and O–H groups in total. The van der Waals surface area contributed by atoms with Crippen LogP contribution in [0.2, 0.25) is 0 Å². The number of rotatable bonds is 6. The van der Waals surface area contributed by atoms with E-state index in [0.29, 0.717) is 23.0 Å². The fourth-order valence-electron chi connectivity index (χ4n) is 1.77. The maximum absolute atomic E-state index is 12.1. The van der Waals surface area contributed by atoms with Crippen molar-refractivity contribution in [2.24, 2.45) is 0 Å². The lowest BCUT2D eigenvalue weighted by molar-refractivity contribution is -0.137. The van der Waals surface area contributed by atoms with Crippen LogP contribution in [0.4, 0.5) is 5.82 Å². The third-order valence-corrected chi connectivity index (χ3v) is 3.67. The van der Waals surface area contributed by atoms with Gasteiger partial charge in [0.05, 0.1) is 11.5 Å². The molecule has 0 fully saturated rings. The Morgan fingerprint density at radius 1 is 1.48 bits per heavy atom. The molecule has 0 aromatic carbocycles. The first-order valence-electron chi connectivity index (χ1n) is 6.13. The lowest BCUT2D eigenvalue weighted by atomic mass is 10.3. The number of hydrogen-bond donors (Lipinski definition) is 2. The quantitative estimate of drug-likeness (QED) is 0.847. The molecule has 2 rings (SSSR count). The summed E-state index contributed by atoms with van der Waals surface area (Å²) in [5.74, 6) is -0.927. The van der Waals surface area contributed by atoms with Crippen LogP contribution >= 0.6 is 11.3 Å². The standard InChI is InChI=1S/C13H15N3O4S/c1-8-3-11(15-16(8)5-12(17)18)14-13(19)10-4-9(6-20-2)7-21-10/h3-4,7H,5-6H2,1-2H3,(H,17,18)(H,14,15,19). The third-order valence-electron chi connectivity index (χ3n) is 2.70. The van der Waals surface area contributed by atoms with E-state index in [1.54, 1.807) is 26.2 Å². The molecule has 2 aromatic heterocycles. The summed E-state index contributed by atoms with van der Waals surface area (Å²) in [6.45, 7) is 1.95. The first-order valence-corrected chi connectivity index (χ1v) is 7.01. The van der Waals surface area contributed by atoms with Gasteiger partial charge in [0, 0.05) is 18.9 Å². The molecule has 0 bridgehead atoms. The number of carboxylic acids is 1. The van der Waals surface area contributed by atoms with Crippen LogP contribution < -0.4 is 5.32 Å². The molecule has 1 amide bonds. The van der Waals surface area contributed by atoms with Crippen LogP contribution in [0.15, 0.2) is 17.5 Å². The molecule has 7 nitrogen and oxygen atoms in total. The molecule has 8 heteroatoms. The molecule has 2 aromatic rings. The van der Waals surface area contributed by atoms with Gasteiger partial charge in [-0.05, 0) is 23.9 Å². The summed E-state index contributed by atoms with van der Waals surface area (Å²) < 4.78 is 6.32. The van der Waals surface area contributed by atoms with Gasteiger partial charge in [0.15, 0.2) is 5.82 Å². The van der Waals surface area contributed by atoms with Gasteiger partial charge in [0.2, 0.25) is 0 Å². The summed E-state index contributed by atoms with van der Waals surface area (Å²) in [5.41, 5.74) is 1.60. The zero-order valence-corrected chi connectivity index (χ0v) is 12.4. The van der Waals surface area contributed by atoms with Crippen LogP contribution in [0.3, 0.4) is 0 Å². The number of aryl methyl sites for hydroxylation is 1. The van der Waals surface area contributed by atoms with Crippen LogP contribution in [0.25, 0.3) is 0 Å². The molecular formula is C13H15N3O4S. The first-order chi connectivity index (χ1) is 9.99. The first kappa shape index (κ1) is 15.2. The second-order valence-corrected chi connectivity index (χ2v) is 5.34. The largest absolute Gasteiger partial charge is 0.480 e. The molecule has 0 aliphatic rings. The summed E-state index contributed by atoms with van der Waals surface area (Å²) in [4.78, 5) is 23.3. The van der Waals surface area contributed by atoms with Gasteiger partial charge in [-0.15, -0.1) is 11.3 Å². The van der Waals surface area contributed by atoms with Crippen LogP contribution in [0.5, 0.6) is 0 Å². The summed E-state index contributed by atoms with van der Waals surface area (Å²) in [5, 5.41) is 17.3. The maximum atomic E-state index is 12.1. The van der Waals surface area contributed by atoms with Crippen LogP contribution in [0, 0.1) is 6.92 Å². The smallest absolute Gasteiger partial charge is 0.325 e. The van der Waals surface area contributed by atoms with Gasteiger partial charge in [-0.2, -0.15) is 5.10 Å². The van der Waals surface area contributed by atoms with Crippen molar-refractivity contribution in [1.82, 2.24) is 9.78 Å². The van der Waals surface area contributed by atoms with Crippen molar-refractivity contribution in [3.63, 3.8) is 0 Å². The zero-order chi connectivity index (χ0) is 15.4. The van der Waals surface area contributed by atoms with E-state index in [2.05, 4.69) is 10.4 Å². The van der Waals surface area contributed by atoms with Crippen LogP contribution in [-0.4, -0.2) is 33.9 Å². The number of thiophene rings is 1. The number of carbonyl (C=O) groups excluding carboxylic acids is 1. The lowest BCUT2D eigenvalue weighted by Crippen LogP contribution is -2.13. The summed E-state index contributed by atoms with van der Waals surface area (Å²) in [6, 6.07) is 3.38. The highest BCUT2D eigenvalue weighted by Gasteiger charge is 2.13. The molecule has 0 aliphatic heterocycles. The Morgan fingerprint density at radius 3 is 2.90 bits per heavy atom. The van der Waals surface area contributed by atoms with Gasteiger partial charge < -0.3 is 15.2 Å². The molecule has 112 valence electrons. The molecule has 0 unspecified atom stereocenters. The number of aromatic nitrogens is 2. The second-order valence-electron chi connectivity index (χ2n) is 4.43. The van der Waals surface area contributed by atoms with E-state index in [1.807, 2.05) is 5.38 Å². The number of carboxylic acid groups (broad SMARTS) is 1. The lowest BCUT2D eigenvalue weighted by Gasteiger charge is -1.99. The molecule has 0 radical (unpaired) electrons. The predicted octanol–water partition coefficient (Wildman–Crippen LogP) is 1.74. The van der Waals surface area contributed by atoms with E-state index in [1.165, 1.54) is 16.0 Å². The van der Waals surface area contributed by atoms with Gasteiger partial charge in [-0.1, -0.05) is 0 Å². The van der Waals surface area contributed by atoms with Crippen LogP contribution in [-0.2, 0) is 22.7 Å². The van der Waals surface area contributed by atoms with E-state index >= 15 is 0 Å². The average Bonchev–Trinajstić information content (AvgIpc) is 2.98. The highest BCUT2D eigenvalue weighted by atomic mass is 32.1. The van der Waals surface area contributed by atoms with Crippen molar-refractivity contribution >= 4 is 29.0 Å². The molecular weight excluding hydrogens is 294 g/mol. The number of nitrogens with one attached hydrogen (secondary N) is 1. The molecule has 21 heavy (non-hydrogen) atoms. The summed E-state index contributed by atoms with van der Waals surface area (Å²) >= 11 is 1.32. The number of hydrogen-bond acceptors (Lipinski definition) is 5. The second kappa shape index (κ2) is 6.51. The molecule has 0 spiro atoms. The summed E-state index contributed by atoms with van der Waals surface area (Å²) in [7, 11) is 1.59. The third kappa shape index (κ3) is 3.89. The Hall–Kier alpha value is -2.19. The van der Waals surface area contributed by atoms with Crippen molar-refractivity contribution in [1.29, 1.82) is 0 Å². The van der Waals surface area contributed by atoms with E-state index in [-0.39, 0.29) is 12.5 Å². The van der Waals surface area contributed by atoms with E-state index < -0.39 is 5.97 Å². The van der Waals surface area contributed by atoms with Gasteiger partial charge in [0.25, 0.3) is 5.91 Å². The Bertz CT molecular complexity index is 662. The normalized spacial score (nSPS) is 10.6. The molecule has 0 saturated carbocycles. The number of anilines is 1. The topological polar surface area (TPSA) is 93.5 Å². The number of amides is 1. The van der Waals surface area contributed by atoms with Gasteiger partial charge in [-0.25, -0.2) is 0 Å². The number of methoxy groups -OCH3 is 1. The number of carbonyl (C=O) groups is 2. The molecule has 0 atom stereocenters. The molecule has 0 saturated heterocycles. The molecule has 0 aliphatic carbocycles. The zero-order valence-electron chi connectivity index (χ0n) is 11.6. The van der Waals surface area contributed by atoms with Crippen molar-refractivity contribution in [3.8, 4) is 0 Å². The Kier molecular flexibility index (Phi) is 4.71. The van der Waals surface area contributed by atoms with E-state index in [4.69, 9.17) is 9.84 Å². The van der Waals surface area contributed by atoms with E-state index in [0.717, 1.165) is 5.56 Å². The SMILES string of the molecule is COCc1csc(C(=O)Nc2cc(C)n(CC(=O)O)n2)c1. The van der Waals surface area contributed by atoms with Gasteiger partial charge >= 0.3 is 5.97 Å². The molecule has 2 heterocycles. The minimum absolute atomic E-state index is 0.237. The van der Waals surface area contributed by atoms with Crippen molar-refractivity contribution in [3.05, 3.63) is 33.6 Å². The Labute approximate surface area is 125 Å². The van der Waals surface area contributed by atoms with E-state index in [9.17, 15) is 9.59 Å². The Balaban J connectivity index is 2.06. The highest BCUT2D eigenvalue weighted by Crippen LogP contribution is 2.17. The minimum Gasteiger partial charge on any atom is -0.480 e. The van der Waals surface area contributed by atoms with Crippen molar-refractivity contribution in [2.75, 3.05) is 12.4 Å². The highest BCUT2D eigenvalue weighted by molar-refractivity contribution is 7.12. The fourth-order valence-corrected chi connectivity index (χ4v) is 2.57. The maximum Gasteiger partial charge on any atom is 0.325 e. The minimum atomic E-state index is -0.985. The summed E-state index contributed by atoms with van der Waals surface area (Å²) in [6.07, 6.45) is 0. The van der Waals surface area contributed by atoms with Gasteiger partial charge in [0.1, 0.15) is 6.54 Å². The number of nitrogens with zero attached hydrogens (tertiary/aromatic N) is 2. The average molecular weight is 309 g/mol. The number of ether oxygens (including phenoxy) is 1. The monoisotopic (exact) mass is 309 g/mol. The van der Waals surface area contributed by atoms with Crippen molar-refractivity contribution in [2.45, 2.75) is 20.1 Å². The predicted molar refractivity (Wildman–Crippen MR) is 77.6 cm³/mol. The van der Waals surface area contributed by atoms with Crippen molar-refractivity contribution < 1.29 is 19.4 Å². The van der Waals surface area contributed by atoms with Gasteiger partial charge in [-0.3, -0.25) is 14.3 Å². The van der Waals surface area contributed by atoms with Crippen LogP contribution in [0.1, 0.15) is 20.9 Å². The number of aliphatic carboxylic acids is 1. The Morgan fingerprint density at radius 2 is 2.24 bits per heavy atom. The fraction of sp³-hybridized carbons (Fsp3) is 0.308.